The van der Waals surface area contributed by atoms with E-state index in [0.717, 1.165) is 6.42 Å². The van der Waals surface area contributed by atoms with Crippen molar-refractivity contribution in [3.63, 3.8) is 0 Å². The molecule has 0 aliphatic heterocycles. The van der Waals surface area contributed by atoms with Crippen LogP contribution in [-0.4, -0.2) is 0 Å². The van der Waals surface area contributed by atoms with E-state index in [1.165, 1.54) is 11.1 Å². The number of allylic oxidation sites excluding steroid dienone is 5. The molecule has 0 saturated carbocycles. The van der Waals surface area contributed by atoms with Crippen molar-refractivity contribution in [2.24, 2.45) is 5.92 Å². The molecule has 0 saturated heterocycles. The molecule has 0 aliphatic rings. The van der Waals surface area contributed by atoms with Gasteiger partial charge in [-0.2, -0.15) is 0 Å². The van der Waals surface area contributed by atoms with Gasteiger partial charge in [0, 0.05) is 0 Å². The molecular formula is C14H26. The zero-order valence-electron chi connectivity index (χ0n) is 10.7. The van der Waals surface area contributed by atoms with Crippen LogP contribution in [0.5, 0.6) is 0 Å². The molecular weight excluding hydrogens is 168 g/mol. The van der Waals surface area contributed by atoms with Crippen LogP contribution >= 0.6 is 0 Å². The molecule has 0 radical (unpaired) electrons. The summed E-state index contributed by atoms with van der Waals surface area (Å²) < 4.78 is 0. The molecule has 0 unspecified atom stereocenters. The van der Waals surface area contributed by atoms with Crippen molar-refractivity contribution in [2.75, 3.05) is 0 Å². The van der Waals surface area contributed by atoms with Crippen molar-refractivity contribution < 1.29 is 0 Å². The number of hydrogen-bond donors (Lipinski definition) is 0. The molecule has 0 aliphatic carbocycles. The Balaban J connectivity index is 0. The van der Waals surface area contributed by atoms with Crippen LogP contribution in [0.15, 0.2) is 36.0 Å². The fraction of sp³-hybridized carbons (Fsp3) is 0.571. The summed E-state index contributed by atoms with van der Waals surface area (Å²) >= 11 is 0. The Labute approximate surface area is 90.4 Å². The van der Waals surface area contributed by atoms with Gasteiger partial charge in [-0.25, -0.2) is 0 Å². The maximum atomic E-state index is 3.77. The fourth-order valence-electron chi connectivity index (χ4n) is 1.36. The maximum Gasteiger partial charge on any atom is -0.0133 e. The highest BCUT2D eigenvalue weighted by Gasteiger charge is 2.03. The molecule has 82 valence electrons. The molecule has 14 heavy (non-hydrogen) atoms. The highest BCUT2D eigenvalue weighted by atomic mass is 14.1. The lowest BCUT2D eigenvalue weighted by molar-refractivity contribution is 0.738. The molecule has 0 bridgehead atoms. The van der Waals surface area contributed by atoms with E-state index in [-0.39, 0.29) is 0 Å². The van der Waals surface area contributed by atoms with Gasteiger partial charge in [-0.1, -0.05) is 57.1 Å². The van der Waals surface area contributed by atoms with Gasteiger partial charge in [-0.15, -0.1) is 6.58 Å². The van der Waals surface area contributed by atoms with E-state index < -0.39 is 0 Å². The molecule has 0 amide bonds. The Bertz CT molecular complexity index is 192. The molecule has 0 aromatic rings. The lowest BCUT2D eigenvalue weighted by Crippen LogP contribution is -1.95. The third kappa shape index (κ3) is 6.71. The van der Waals surface area contributed by atoms with Crippen molar-refractivity contribution in [3.05, 3.63) is 36.0 Å². The lowest BCUT2D eigenvalue weighted by Gasteiger charge is -2.11. The Hall–Kier alpha value is -0.780. The predicted octanol–water partition coefficient (Wildman–Crippen LogP) is 5.14. The van der Waals surface area contributed by atoms with Gasteiger partial charge in [0.1, 0.15) is 0 Å². The Morgan fingerprint density at radius 2 is 1.79 bits per heavy atom. The van der Waals surface area contributed by atoms with Crippen LogP contribution in [-0.2, 0) is 0 Å². The van der Waals surface area contributed by atoms with Gasteiger partial charge in [-0.05, 0) is 26.2 Å². The van der Waals surface area contributed by atoms with E-state index in [4.69, 9.17) is 0 Å². The Kier molecular flexibility index (Phi) is 11.5. The summed E-state index contributed by atoms with van der Waals surface area (Å²) in [6.07, 6.45) is 7.23. The smallest absolute Gasteiger partial charge is 0.0133 e. The number of rotatable bonds is 4. The maximum absolute atomic E-state index is 3.77. The average molecular weight is 194 g/mol. The average Bonchev–Trinajstić information content (AvgIpc) is 2.17. The van der Waals surface area contributed by atoms with Gasteiger partial charge >= 0.3 is 0 Å². The lowest BCUT2D eigenvalue weighted by atomic mass is 9.95. The molecule has 0 N–H and O–H groups in total. The van der Waals surface area contributed by atoms with Crippen molar-refractivity contribution >= 4 is 0 Å². The zero-order valence-corrected chi connectivity index (χ0v) is 10.7. The standard InChI is InChI=1S/C12H20.C2H6/c1-6-8-11(5)12(9-7-2)10(3)4;1-2/h6-8,10H,2,9H2,1,3-5H3;1-2H3/b8-6+,12-11+;. The summed E-state index contributed by atoms with van der Waals surface area (Å²) in [6, 6.07) is 0. The molecule has 0 rings (SSSR count). The van der Waals surface area contributed by atoms with Gasteiger partial charge in [0.2, 0.25) is 0 Å². The molecule has 0 heteroatoms. The third-order valence-electron chi connectivity index (χ3n) is 1.98. The van der Waals surface area contributed by atoms with Crippen LogP contribution in [0, 0.1) is 5.92 Å². The predicted molar refractivity (Wildman–Crippen MR) is 68.5 cm³/mol. The summed E-state index contributed by atoms with van der Waals surface area (Å²) in [4.78, 5) is 0. The van der Waals surface area contributed by atoms with E-state index in [0.29, 0.717) is 5.92 Å². The Morgan fingerprint density at radius 3 is 2.07 bits per heavy atom. The summed E-state index contributed by atoms with van der Waals surface area (Å²) in [6.45, 7) is 16.4. The monoisotopic (exact) mass is 194 g/mol. The first kappa shape index (κ1) is 15.7. The van der Waals surface area contributed by atoms with Gasteiger partial charge in [0.05, 0.1) is 0 Å². The van der Waals surface area contributed by atoms with Gasteiger partial charge in [0.25, 0.3) is 0 Å². The van der Waals surface area contributed by atoms with Crippen molar-refractivity contribution in [1.29, 1.82) is 0 Å². The van der Waals surface area contributed by atoms with Crippen LogP contribution in [0.1, 0.15) is 48.0 Å². The third-order valence-corrected chi connectivity index (χ3v) is 1.98. The second kappa shape index (κ2) is 10.3. The highest BCUT2D eigenvalue weighted by molar-refractivity contribution is 5.26. The Morgan fingerprint density at radius 1 is 1.29 bits per heavy atom. The number of hydrogen-bond acceptors (Lipinski definition) is 0. The van der Waals surface area contributed by atoms with Crippen molar-refractivity contribution in [2.45, 2.75) is 48.0 Å². The molecule has 0 spiro atoms. The first-order chi connectivity index (χ1) is 6.63. The van der Waals surface area contributed by atoms with Gasteiger partial charge in [0.15, 0.2) is 0 Å². The summed E-state index contributed by atoms with van der Waals surface area (Å²) in [7, 11) is 0. The van der Waals surface area contributed by atoms with Crippen LogP contribution in [0.25, 0.3) is 0 Å². The molecule has 0 aromatic carbocycles. The highest BCUT2D eigenvalue weighted by Crippen LogP contribution is 2.19. The topological polar surface area (TPSA) is 0 Å². The van der Waals surface area contributed by atoms with E-state index in [2.05, 4.69) is 46.4 Å². The minimum Gasteiger partial charge on any atom is -0.103 e. The van der Waals surface area contributed by atoms with Crippen molar-refractivity contribution in [3.8, 4) is 0 Å². The molecule has 0 atom stereocenters. The second-order valence-corrected chi connectivity index (χ2v) is 3.36. The molecule has 0 heterocycles. The first-order valence-corrected chi connectivity index (χ1v) is 5.56. The van der Waals surface area contributed by atoms with Gasteiger partial charge < -0.3 is 0 Å². The fourth-order valence-corrected chi connectivity index (χ4v) is 1.36. The molecule has 0 aromatic heterocycles. The van der Waals surface area contributed by atoms with Crippen LogP contribution < -0.4 is 0 Å². The van der Waals surface area contributed by atoms with E-state index in [1.807, 2.05) is 19.9 Å². The SMILES string of the molecule is C=CC/C(=C(C)\C=C\C)C(C)C.CC. The quantitative estimate of drug-likeness (QED) is 0.429. The normalized spacial score (nSPS) is 12.2. The van der Waals surface area contributed by atoms with Crippen molar-refractivity contribution in [1.82, 2.24) is 0 Å². The summed E-state index contributed by atoms with van der Waals surface area (Å²) in [5, 5.41) is 0. The van der Waals surface area contributed by atoms with E-state index >= 15 is 0 Å². The largest absolute Gasteiger partial charge is 0.103 e. The summed E-state index contributed by atoms with van der Waals surface area (Å²) in [5.74, 6) is 0.624. The van der Waals surface area contributed by atoms with Crippen LogP contribution in [0.3, 0.4) is 0 Å². The van der Waals surface area contributed by atoms with E-state index in [9.17, 15) is 0 Å². The second-order valence-electron chi connectivity index (χ2n) is 3.36. The van der Waals surface area contributed by atoms with E-state index in [1.54, 1.807) is 0 Å². The minimum atomic E-state index is 0.624. The molecule has 0 nitrogen and oxygen atoms in total. The first-order valence-electron chi connectivity index (χ1n) is 5.56. The van der Waals surface area contributed by atoms with Crippen LogP contribution in [0.4, 0.5) is 0 Å². The van der Waals surface area contributed by atoms with Crippen LogP contribution in [0.2, 0.25) is 0 Å². The minimum absolute atomic E-state index is 0.624. The molecule has 0 fully saturated rings. The van der Waals surface area contributed by atoms with Gasteiger partial charge in [-0.3, -0.25) is 0 Å². The summed E-state index contributed by atoms with van der Waals surface area (Å²) in [5.41, 5.74) is 2.87. The zero-order chi connectivity index (χ0) is 11.6.